The van der Waals surface area contributed by atoms with Crippen LogP contribution in [0.4, 0.5) is 0 Å². The molecule has 0 N–H and O–H groups in total. The number of carbonyl (C=O) groups is 1. The quantitative estimate of drug-likeness (QED) is 0.391. The molecule has 3 aromatic rings. The summed E-state index contributed by atoms with van der Waals surface area (Å²) in [5.41, 5.74) is 1.67. The summed E-state index contributed by atoms with van der Waals surface area (Å²) in [7, 11) is 0. The van der Waals surface area contributed by atoms with Crippen molar-refractivity contribution < 1.29 is 4.79 Å². The average Bonchev–Trinajstić information content (AvgIpc) is 3.45. The van der Waals surface area contributed by atoms with Gasteiger partial charge in [-0.2, -0.15) is 0 Å². The van der Waals surface area contributed by atoms with Gasteiger partial charge in [-0.05, 0) is 59.6 Å². The Labute approximate surface area is 178 Å². The first-order valence-electron chi connectivity index (χ1n) is 9.17. The van der Waals surface area contributed by atoms with Crippen molar-refractivity contribution in [2.75, 3.05) is 13.1 Å². The molecule has 1 aromatic carbocycles. The molecule has 142 valence electrons. The van der Waals surface area contributed by atoms with Crippen LogP contribution >= 0.6 is 34.9 Å². The second kappa shape index (κ2) is 8.82. The molecule has 1 amide bonds. The third kappa shape index (κ3) is 4.24. The maximum atomic E-state index is 13.2. The van der Waals surface area contributed by atoms with Gasteiger partial charge >= 0.3 is 0 Å². The molecule has 1 saturated heterocycles. The second-order valence-electron chi connectivity index (χ2n) is 6.49. The van der Waals surface area contributed by atoms with Crippen LogP contribution in [0.5, 0.6) is 0 Å². The van der Waals surface area contributed by atoms with Crippen LogP contribution in [0.2, 0.25) is 0 Å². The monoisotopic (exact) mass is 424 g/mol. The van der Waals surface area contributed by atoms with E-state index in [-0.39, 0.29) is 5.91 Å². The highest BCUT2D eigenvalue weighted by Gasteiger charge is 2.37. The molecule has 28 heavy (non-hydrogen) atoms. The number of carbonyl (C=O) groups excluding carboxylic acids is 1. The average molecular weight is 425 g/mol. The fourth-order valence-corrected chi connectivity index (χ4v) is 4.96. The minimum atomic E-state index is -0.00316. The Morgan fingerprint density at radius 2 is 1.43 bits per heavy atom. The van der Waals surface area contributed by atoms with Crippen molar-refractivity contribution >= 4 is 52.0 Å². The highest BCUT2D eigenvalue weighted by molar-refractivity contribution is 7.80. The van der Waals surface area contributed by atoms with Crippen LogP contribution in [0.15, 0.2) is 71.1 Å². The van der Waals surface area contributed by atoms with Crippen LogP contribution < -0.4 is 0 Å². The molecule has 6 heteroatoms. The molecule has 0 saturated carbocycles. The number of thiophene rings is 2. The summed E-state index contributed by atoms with van der Waals surface area (Å²) in [6.07, 6.45) is 3.64. The molecule has 0 spiro atoms. The van der Waals surface area contributed by atoms with Crippen molar-refractivity contribution in [1.82, 2.24) is 9.80 Å². The second-order valence-corrected chi connectivity index (χ2v) is 8.92. The molecule has 2 aromatic heterocycles. The number of nitrogens with zero attached hydrogens (tertiary/aromatic N) is 2. The zero-order valence-corrected chi connectivity index (χ0v) is 17.7. The van der Waals surface area contributed by atoms with Crippen LogP contribution in [0.25, 0.3) is 6.08 Å². The Morgan fingerprint density at radius 1 is 0.821 bits per heavy atom. The van der Waals surface area contributed by atoms with Crippen molar-refractivity contribution in [1.29, 1.82) is 0 Å². The standard InChI is InChI=1S/C22H20N2OS3/c25-21-20(16-17-6-2-1-3-7-17)23(12-10-18-8-4-14-27-18)22(26)24(21)13-11-19-9-5-15-28-19/h1-9,14-16H,10-13H2/b20-16+. The molecular weight excluding hydrogens is 404 g/mol. The third-order valence-corrected chi connectivity index (χ3v) is 6.96. The number of hydrogen-bond donors (Lipinski definition) is 0. The minimum Gasteiger partial charge on any atom is -0.313 e. The van der Waals surface area contributed by atoms with Crippen LogP contribution in [-0.4, -0.2) is 33.9 Å². The molecular formula is C22H20N2OS3. The van der Waals surface area contributed by atoms with Gasteiger partial charge < -0.3 is 4.90 Å². The SMILES string of the molecule is O=C1/C(=C\c2ccccc2)N(CCc2cccs2)C(=S)N1CCc1cccs1. The number of thiocarbonyl (C=S) groups is 1. The first-order valence-corrected chi connectivity index (χ1v) is 11.3. The van der Waals surface area contributed by atoms with Gasteiger partial charge in [0, 0.05) is 22.8 Å². The van der Waals surface area contributed by atoms with Crippen LogP contribution in [-0.2, 0) is 17.6 Å². The number of rotatable bonds is 7. The van der Waals surface area contributed by atoms with E-state index in [0.29, 0.717) is 23.9 Å². The molecule has 0 atom stereocenters. The molecule has 0 bridgehead atoms. The minimum absolute atomic E-state index is 0.00316. The van der Waals surface area contributed by atoms with Gasteiger partial charge in [0.2, 0.25) is 0 Å². The largest absolute Gasteiger partial charge is 0.313 e. The molecule has 3 nitrogen and oxygen atoms in total. The van der Waals surface area contributed by atoms with Crippen LogP contribution in [0, 0.1) is 0 Å². The molecule has 3 heterocycles. The predicted molar refractivity (Wildman–Crippen MR) is 121 cm³/mol. The van der Waals surface area contributed by atoms with Gasteiger partial charge in [0.05, 0.1) is 0 Å². The Hall–Kier alpha value is -2.28. The van der Waals surface area contributed by atoms with E-state index in [2.05, 4.69) is 29.0 Å². The lowest BCUT2D eigenvalue weighted by Gasteiger charge is -2.20. The molecule has 0 aliphatic carbocycles. The Bertz CT molecular complexity index is 963. The van der Waals surface area contributed by atoms with Gasteiger partial charge in [-0.3, -0.25) is 9.69 Å². The first kappa shape index (κ1) is 19.1. The zero-order chi connectivity index (χ0) is 19.3. The van der Waals surface area contributed by atoms with E-state index in [1.807, 2.05) is 47.4 Å². The fraction of sp³-hybridized carbons (Fsp3) is 0.182. The fourth-order valence-electron chi connectivity index (χ4n) is 3.20. The Kier molecular flexibility index (Phi) is 6.00. The van der Waals surface area contributed by atoms with Gasteiger partial charge in [-0.15, -0.1) is 22.7 Å². The smallest absolute Gasteiger partial charge is 0.276 e. The number of benzene rings is 1. The summed E-state index contributed by atoms with van der Waals surface area (Å²) < 4.78 is 0. The Balaban J connectivity index is 1.57. The first-order chi connectivity index (χ1) is 13.7. The van der Waals surface area contributed by atoms with E-state index in [1.165, 1.54) is 9.75 Å². The lowest BCUT2D eigenvalue weighted by Crippen LogP contribution is -2.34. The van der Waals surface area contributed by atoms with Crippen LogP contribution in [0.3, 0.4) is 0 Å². The number of amides is 1. The maximum Gasteiger partial charge on any atom is 0.276 e. The maximum absolute atomic E-state index is 13.2. The van der Waals surface area contributed by atoms with E-state index in [9.17, 15) is 4.79 Å². The molecule has 1 fully saturated rings. The highest BCUT2D eigenvalue weighted by Crippen LogP contribution is 2.25. The van der Waals surface area contributed by atoms with Gasteiger partial charge in [0.25, 0.3) is 5.91 Å². The number of hydrogen-bond acceptors (Lipinski definition) is 4. The zero-order valence-electron chi connectivity index (χ0n) is 15.3. The van der Waals surface area contributed by atoms with E-state index in [4.69, 9.17) is 12.2 Å². The van der Waals surface area contributed by atoms with E-state index in [0.717, 1.165) is 18.4 Å². The highest BCUT2D eigenvalue weighted by atomic mass is 32.1. The lowest BCUT2D eigenvalue weighted by molar-refractivity contribution is -0.122. The molecule has 1 aliphatic rings. The molecule has 0 unspecified atom stereocenters. The summed E-state index contributed by atoms with van der Waals surface area (Å²) in [4.78, 5) is 19.5. The summed E-state index contributed by atoms with van der Waals surface area (Å²) in [5.74, 6) is -0.00316. The van der Waals surface area contributed by atoms with Gasteiger partial charge in [0.1, 0.15) is 5.70 Å². The summed E-state index contributed by atoms with van der Waals surface area (Å²) in [5, 5.41) is 4.75. The van der Waals surface area contributed by atoms with Crippen LogP contribution in [0.1, 0.15) is 15.3 Å². The van der Waals surface area contributed by atoms with Gasteiger partial charge in [-0.25, -0.2) is 0 Å². The summed E-state index contributed by atoms with van der Waals surface area (Å²) in [6.45, 7) is 1.32. The van der Waals surface area contributed by atoms with Crippen molar-refractivity contribution in [2.45, 2.75) is 12.8 Å². The lowest BCUT2D eigenvalue weighted by atomic mass is 10.2. The normalized spacial score (nSPS) is 15.8. The van der Waals surface area contributed by atoms with E-state index >= 15 is 0 Å². The van der Waals surface area contributed by atoms with Crippen molar-refractivity contribution in [3.8, 4) is 0 Å². The Morgan fingerprint density at radius 3 is 2.00 bits per heavy atom. The van der Waals surface area contributed by atoms with Gasteiger partial charge in [-0.1, -0.05) is 42.5 Å². The molecule has 1 aliphatic heterocycles. The predicted octanol–water partition coefficient (Wildman–Crippen LogP) is 5.07. The molecule has 0 radical (unpaired) electrons. The topological polar surface area (TPSA) is 23.6 Å². The van der Waals surface area contributed by atoms with E-state index in [1.54, 1.807) is 27.6 Å². The van der Waals surface area contributed by atoms with Crippen molar-refractivity contribution in [2.24, 2.45) is 0 Å². The van der Waals surface area contributed by atoms with E-state index < -0.39 is 0 Å². The van der Waals surface area contributed by atoms with Gasteiger partial charge in [0.15, 0.2) is 5.11 Å². The van der Waals surface area contributed by atoms with Crippen molar-refractivity contribution in [3.63, 3.8) is 0 Å². The summed E-state index contributed by atoms with van der Waals surface area (Å²) >= 11 is 9.17. The summed E-state index contributed by atoms with van der Waals surface area (Å²) in [6, 6.07) is 18.3. The molecule has 4 rings (SSSR count). The third-order valence-electron chi connectivity index (χ3n) is 4.64. The van der Waals surface area contributed by atoms with Crippen molar-refractivity contribution in [3.05, 3.63) is 86.4 Å².